The van der Waals surface area contributed by atoms with Crippen LogP contribution in [0.5, 0.6) is 0 Å². The maximum absolute atomic E-state index is 13.4. The van der Waals surface area contributed by atoms with Crippen LogP contribution < -0.4 is 5.32 Å². The quantitative estimate of drug-likeness (QED) is 0.546. The lowest BCUT2D eigenvalue weighted by Gasteiger charge is -2.19. The van der Waals surface area contributed by atoms with Gasteiger partial charge in [0.05, 0.1) is 40.0 Å². The van der Waals surface area contributed by atoms with Gasteiger partial charge < -0.3 is 5.32 Å². The molecule has 0 bridgehead atoms. The summed E-state index contributed by atoms with van der Waals surface area (Å²) in [5.74, 6) is -0.839. The monoisotopic (exact) mass is 474 g/mol. The Balaban J connectivity index is 1.56. The average molecular weight is 475 g/mol. The van der Waals surface area contributed by atoms with Crippen molar-refractivity contribution in [2.75, 3.05) is 12.4 Å². The first-order valence-electron chi connectivity index (χ1n) is 10.4. The number of aryl methyl sites for hydroxylation is 1. The van der Waals surface area contributed by atoms with Gasteiger partial charge in [0, 0.05) is 23.7 Å². The summed E-state index contributed by atoms with van der Waals surface area (Å²) in [6.45, 7) is 5.58. The van der Waals surface area contributed by atoms with Crippen molar-refractivity contribution in [2.24, 2.45) is 17.3 Å². The molecule has 1 saturated carbocycles. The Kier molecular flexibility index (Phi) is 4.62. The van der Waals surface area contributed by atoms with Crippen LogP contribution in [0.25, 0.3) is 21.5 Å². The number of carbonyl (C=O) groups excluding carboxylic acids is 2. The first-order valence-corrected chi connectivity index (χ1v) is 11.3. The van der Waals surface area contributed by atoms with Crippen molar-refractivity contribution in [3.8, 4) is 11.3 Å². The van der Waals surface area contributed by atoms with E-state index in [2.05, 4.69) is 15.3 Å². The number of rotatable bonds is 4. The third-order valence-corrected chi connectivity index (χ3v) is 7.82. The lowest BCUT2D eigenvalue weighted by atomic mass is 10.1. The van der Waals surface area contributed by atoms with E-state index in [-0.39, 0.29) is 41.3 Å². The van der Waals surface area contributed by atoms with Crippen molar-refractivity contribution >= 4 is 39.1 Å². The van der Waals surface area contributed by atoms with Crippen LogP contribution in [-0.4, -0.2) is 33.7 Å². The minimum atomic E-state index is -4.58. The summed E-state index contributed by atoms with van der Waals surface area (Å²) >= 11 is 1.31. The second kappa shape index (κ2) is 6.99. The molecule has 6 nitrogen and oxygen atoms in total. The fourth-order valence-corrected chi connectivity index (χ4v) is 6.01. The molecule has 5 rings (SSSR count). The number of fused-ring (bicyclic) bond motifs is 2. The van der Waals surface area contributed by atoms with Crippen LogP contribution in [0, 0.1) is 24.2 Å². The van der Waals surface area contributed by atoms with Gasteiger partial charge in [0.25, 0.3) is 0 Å². The SMILES string of the molecule is CNc1c(C)cc(C(F)(F)F)nc1-c1ccnc2cc(CN3C(=O)C4C(C3=O)C4(C)C)sc12. The highest BCUT2D eigenvalue weighted by atomic mass is 32.1. The number of halogens is 3. The zero-order chi connectivity index (χ0) is 23.9. The third-order valence-electron chi connectivity index (χ3n) is 6.68. The molecule has 10 heteroatoms. The van der Waals surface area contributed by atoms with Crippen LogP contribution in [0.3, 0.4) is 0 Å². The Morgan fingerprint density at radius 1 is 1.18 bits per heavy atom. The molecule has 3 aromatic heterocycles. The molecule has 2 fully saturated rings. The Morgan fingerprint density at radius 2 is 1.85 bits per heavy atom. The molecule has 1 aliphatic heterocycles. The van der Waals surface area contributed by atoms with Crippen LogP contribution in [0.4, 0.5) is 18.9 Å². The molecular formula is C23H21F3N4O2S. The number of alkyl halides is 3. The van der Waals surface area contributed by atoms with Crippen molar-refractivity contribution in [1.29, 1.82) is 0 Å². The van der Waals surface area contributed by atoms with E-state index in [0.717, 1.165) is 10.9 Å². The number of piperidine rings is 1. The number of carbonyl (C=O) groups is 2. The predicted octanol–water partition coefficient (Wildman–Crippen LogP) is 4.87. The number of nitrogens with one attached hydrogen (secondary N) is 1. The van der Waals surface area contributed by atoms with E-state index < -0.39 is 11.9 Å². The molecule has 2 aliphatic rings. The average Bonchev–Trinajstić information content (AvgIpc) is 2.99. The Hall–Kier alpha value is -3.01. The summed E-state index contributed by atoms with van der Waals surface area (Å²) in [7, 11) is 1.64. The minimum absolute atomic E-state index is 0.134. The van der Waals surface area contributed by atoms with Crippen molar-refractivity contribution in [1.82, 2.24) is 14.9 Å². The van der Waals surface area contributed by atoms with Crippen LogP contribution in [0.15, 0.2) is 24.4 Å². The predicted molar refractivity (Wildman–Crippen MR) is 118 cm³/mol. The molecule has 0 spiro atoms. The van der Waals surface area contributed by atoms with Crippen molar-refractivity contribution in [3.05, 3.63) is 40.5 Å². The number of likely N-dealkylation sites (tertiary alicyclic amines) is 1. The van der Waals surface area contributed by atoms with Gasteiger partial charge in [-0.3, -0.25) is 19.5 Å². The fourth-order valence-electron chi connectivity index (χ4n) is 4.90. The van der Waals surface area contributed by atoms with E-state index in [0.29, 0.717) is 27.0 Å². The number of hydrogen-bond acceptors (Lipinski definition) is 6. The van der Waals surface area contributed by atoms with Crippen molar-refractivity contribution < 1.29 is 22.8 Å². The zero-order valence-corrected chi connectivity index (χ0v) is 19.2. The summed E-state index contributed by atoms with van der Waals surface area (Å²) in [5.41, 5.74) is 0.946. The summed E-state index contributed by atoms with van der Waals surface area (Å²) in [4.78, 5) is 35.7. The smallest absolute Gasteiger partial charge is 0.386 e. The van der Waals surface area contributed by atoms with Gasteiger partial charge in [-0.05, 0) is 36.1 Å². The maximum Gasteiger partial charge on any atom is 0.433 e. The Labute approximate surface area is 191 Å². The van der Waals surface area contributed by atoms with Gasteiger partial charge in [-0.25, -0.2) is 4.98 Å². The van der Waals surface area contributed by atoms with E-state index >= 15 is 0 Å². The largest absolute Gasteiger partial charge is 0.433 e. The lowest BCUT2D eigenvalue weighted by molar-refractivity contribution is -0.144. The van der Waals surface area contributed by atoms with E-state index in [1.807, 2.05) is 13.8 Å². The molecule has 172 valence electrons. The van der Waals surface area contributed by atoms with Gasteiger partial charge in [-0.15, -0.1) is 11.3 Å². The molecule has 0 radical (unpaired) electrons. The van der Waals surface area contributed by atoms with Crippen LogP contribution >= 0.6 is 11.3 Å². The number of hydrogen-bond donors (Lipinski definition) is 1. The molecule has 1 aliphatic carbocycles. The van der Waals surface area contributed by atoms with E-state index in [1.54, 1.807) is 26.1 Å². The first kappa shape index (κ1) is 21.8. The highest BCUT2D eigenvalue weighted by Gasteiger charge is 2.72. The molecule has 1 N–H and O–H groups in total. The van der Waals surface area contributed by atoms with E-state index in [4.69, 9.17) is 0 Å². The fraction of sp³-hybridized carbons (Fsp3) is 0.391. The van der Waals surface area contributed by atoms with Gasteiger partial charge in [-0.1, -0.05) is 13.8 Å². The number of imide groups is 1. The molecule has 2 atom stereocenters. The van der Waals surface area contributed by atoms with Gasteiger partial charge in [0.2, 0.25) is 11.8 Å². The molecular weight excluding hydrogens is 453 g/mol. The van der Waals surface area contributed by atoms with Gasteiger partial charge in [0.1, 0.15) is 5.69 Å². The Morgan fingerprint density at radius 3 is 2.45 bits per heavy atom. The summed E-state index contributed by atoms with van der Waals surface area (Å²) in [5, 5.41) is 2.96. The standard InChI is InChI=1S/C23H21F3N4O2S/c1-10-7-14(23(24,25)26)29-18(17(10)27-4)12-5-6-28-13-8-11(33-19(12)13)9-30-20(31)15-16(21(30)32)22(15,2)3/h5-8,15-16,27H,9H2,1-4H3. The van der Waals surface area contributed by atoms with E-state index in [1.165, 1.54) is 22.4 Å². The number of thiophene rings is 1. The summed E-state index contributed by atoms with van der Waals surface area (Å²) in [6.07, 6.45) is -3.06. The molecule has 0 aromatic carbocycles. The van der Waals surface area contributed by atoms with Gasteiger partial charge in [-0.2, -0.15) is 13.2 Å². The highest BCUT2D eigenvalue weighted by molar-refractivity contribution is 7.19. The number of aromatic nitrogens is 2. The van der Waals surface area contributed by atoms with Gasteiger partial charge >= 0.3 is 6.18 Å². The van der Waals surface area contributed by atoms with Crippen LogP contribution in [-0.2, 0) is 22.3 Å². The van der Waals surface area contributed by atoms with E-state index in [9.17, 15) is 22.8 Å². The Bertz CT molecular complexity index is 1310. The topological polar surface area (TPSA) is 75.2 Å². The molecule has 33 heavy (non-hydrogen) atoms. The second-order valence-electron chi connectivity index (χ2n) is 9.12. The first-order chi connectivity index (χ1) is 15.4. The highest BCUT2D eigenvalue weighted by Crippen LogP contribution is 2.63. The third kappa shape index (κ3) is 3.22. The number of amides is 2. The van der Waals surface area contributed by atoms with Crippen LogP contribution in [0.2, 0.25) is 0 Å². The summed E-state index contributed by atoms with van der Waals surface area (Å²) < 4.78 is 41.0. The molecule has 2 unspecified atom stereocenters. The molecule has 4 heterocycles. The lowest BCUT2D eigenvalue weighted by Crippen LogP contribution is -2.35. The molecule has 1 saturated heterocycles. The van der Waals surface area contributed by atoms with Gasteiger partial charge in [0.15, 0.2) is 0 Å². The summed E-state index contributed by atoms with van der Waals surface area (Å²) in [6, 6.07) is 4.43. The maximum atomic E-state index is 13.4. The number of pyridine rings is 2. The number of anilines is 1. The minimum Gasteiger partial charge on any atom is -0.386 e. The van der Waals surface area contributed by atoms with Crippen LogP contribution in [0.1, 0.15) is 30.0 Å². The molecule has 2 amide bonds. The normalized spacial score (nSPS) is 21.6. The van der Waals surface area contributed by atoms with Crippen molar-refractivity contribution in [3.63, 3.8) is 0 Å². The zero-order valence-electron chi connectivity index (χ0n) is 18.4. The van der Waals surface area contributed by atoms with Crippen molar-refractivity contribution in [2.45, 2.75) is 33.5 Å². The molecule has 3 aromatic rings. The second-order valence-corrected chi connectivity index (χ2v) is 10.3. The number of nitrogens with zero attached hydrogens (tertiary/aromatic N) is 3.